The lowest BCUT2D eigenvalue weighted by atomic mass is 9.81. The van der Waals surface area contributed by atoms with Gasteiger partial charge in [0.05, 0.1) is 24.2 Å². The summed E-state index contributed by atoms with van der Waals surface area (Å²) in [6, 6.07) is 14.3. The minimum absolute atomic E-state index is 0.00529. The van der Waals surface area contributed by atoms with Crippen molar-refractivity contribution in [1.82, 2.24) is 0 Å². The Morgan fingerprint density at radius 2 is 1.65 bits per heavy atom. The maximum Gasteiger partial charge on any atom is 0.296 e. The largest absolute Gasteiger partial charge is 0.497 e. The number of aryl methyl sites for hydroxylation is 1. The van der Waals surface area contributed by atoms with Crippen molar-refractivity contribution in [2.75, 3.05) is 27.1 Å². The molecule has 0 aliphatic heterocycles. The molecule has 3 rings (SSSR count). The Morgan fingerprint density at radius 3 is 2.23 bits per heavy atom. The van der Waals surface area contributed by atoms with E-state index < -0.39 is 15.7 Å². The van der Waals surface area contributed by atoms with Gasteiger partial charge in [0.2, 0.25) is 0 Å². The molecule has 0 saturated heterocycles. The SMILES string of the molecule is CCOCOC1([C@@H](COS(=O)(=O)c2ccc(C)cc2)c2ccc(OC)cc2)CCCC1. The van der Waals surface area contributed by atoms with Crippen LogP contribution in [0.15, 0.2) is 53.4 Å². The Hall–Kier alpha value is -1.93. The second-order valence-electron chi connectivity index (χ2n) is 7.90. The third-order valence-electron chi connectivity index (χ3n) is 5.94. The van der Waals surface area contributed by atoms with Gasteiger partial charge in [-0.2, -0.15) is 8.42 Å². The van der Waals surface area contributed by atoms with E-state index in [1.807, 2.05) is 38.1 Å². The Morgan fingerprint density at radius 1 is 1.00 bits per heavy atom. The molecule has 2 aromatic rings. The summed E-state index contributed by atoms with van der Waals surface area (Å²) >= 11 is 0. The van der Waals surface area contributed by atoms with Crippen LogP contribution in [-0.4, -0.2) is 41.1 Å². The van der Waals surface area contributed by atoms with Gasteiger partial charge < -0.3 is 14.2 Å². The fourth-order valence-electron chi connectivity index (χ4n) is 4.13. The molecule has 2 aromatic carbocycles. The van der Waals surface area contributed by atoms with Crippen LogP contribution in [0.5, 0.6) is 5.75 Å². The zero-order valence-electron chi connectivity index (χ0n) is 18.5. The summed E-state index contributed by atoms with van der Waals surface area (Å²) in [5.41, 5.74) is 1.41. The van der Waals surface area contributed by atoms with E-state index in [1.54, 1.807) is 31.4 Å². The van der Waals surface area contributed by atoms with Crippen molar-refractivity contribution in [1.29, 1.82) is 0 Å². The first kappa shape index (κ1) is 23.7. The summed E-state index contributed by atoms with van der Waals surface area (Å²) in [6.45, 7) is 4.56. The second kappa shape index (κ2) is 10.6. The van der Waals surface area contributed by atoms with Crippen LogP contribution in [0.1, 0.15) is 49.7 Å². The van der Waals surface area contributed by atoms with E-state index in [9.17, 15) is 8.42 Å². The summed E-state index contributed by atoms with van der Waals surface area (Å²) < 4.78 is 48.3. The van der Waals surface area contributed by atoms with Gasteiger partial charge in [-0.25, -0.2) is 0 Å². The molecule has 0 amide bonds. The highest BCUT2D eigenvalue weighted by Crippen LogP contribution is 2.45. The van der Waals surface area contributed by atoms with E-state index in [2.05, 4.69) is 0 Å². The van der Waals surface area contributed by atoms with Crippen LogP contribution in [0, 0.1) is 6.92 Å². The number of ether oxygens (including phenoxy) is 3. The molecule has 1 aliphatic rings. The molecule has 0 N–H and O–H groups in total. The van der Waals surface area contributed by atoms with Gasteiger partial charge in [-0.1, -0.05) is 42.7 Å². The minimum atomic E-state index is -3.89. The van der Waals surface area contributed by atoms with Crippen molar-refractivity contribution >= 4 is 10.1 Å². The zero-order valence-corrected chi connectivity index (χ0v) is 19.3. The maximum atomic E-state index is 12.9. The van der Waals surface area contributed by atoms with E-state index in [1.165, 1.54) is 0 Å². The molecular weight excluding hydrogens is 416 g/mol. The predicted octanol–water partition coefficient (Wildman–Crippen LogP) is 4.82. The van der Waals surface area contributed by atoms with Gasteiger partial charge in [0.1, 0.15) is 12.5 Å². The van der Waals surface area contributed by atoms with Crippen molar-refractivity contribution in [3.63, 3.8) is 0 Å². The first-order valence-corrected chi connectivity index (χ1v) is 12.1. The Bertz CT molecular complexity index is 916. The molecule has 1 aliphatic carbocycles. The van der Waals surface area contributed by atoms with Gasteiger partial charge in [0, 0.05) is 12.5 Å². The number of benzene rings is 2. The van der Waals surface area contributed by atoms with E-state index >= 15 is 0 Å². The van der Waals surface area contributed by atoms with E-state index in [4.69, 9.17) is 18.4 Å². The molecule has 1 atom stereocenters. The molecule has 31 heavy (non-hydrogen) atoms. The van der Waals surface area contributed by atoms with Crippen LogP contribution in [0.3, 0.4) is 0 Å². The normalized spacial score (nSPS) is 16.9. The van der Waals surface area contributed by atoms with Crippen molar-refractivity contribution in [2.45, 2.75) is 55.9 Å². The number of methoxy groups -OCH3 is 1. The van der Waals surface area contributed by atoms with Crippen LogP contribution in [0.25, 0.3) is 0 Å². The van der Waals surface area contributed by atoms with Crippen molar-refractivity contribution in [3.8, 4) is 5.75 Å². The van der Waals surface area contributed by atoms with E-state index in [0.29, 0.717) is 6.61 Å². The number of hydrogen-bond acceptors (Lipinski definition) is 6. The maximum absolute atomic E-state index is 12.9. The lowest BCUT2D eigenvalue weighted by molar-refractivity contribution is -0.152. The Kier molecular flexibility index (Phi) is 8.11. The van der Waals surface area contributed by atoms with Gasteiger partial charge in [-0.15, -0.1) is 0 Å². The van der Waals surface area contributed by atoms with Gasteiger partial charge in [-0.05, 0) is 56.5 Å². The number of hydrogen-bond donors (Lipinski definition) is 0. The third-order valence-corrected chi connectivity index (χ3v) is 7.23. The zero-order chi connectivity index (χ0) is 22.3. The fraction of sp³-hybridized carbons (Fsp3) is 0.500. The first-order chi connectivity index (χ1) is 14.9. The topological polar surface area (TPSA) is 71.1 Å². The molecule has 0 unspecified atom stereocenters. The Balaban J connectivity index is 1.88. The van der Waals surface area contributed by atoms with Gasteiger partial charge in [0.15, 0.2) is 0 Å². The molecule has 6 nitrogen and oxygen atoms in total. The van der Waals surface area contributed by atoms with Crippen LogP contribution < -0.4 is 4.74 Å². The summed E-state index contributed by atoms with van der Waals surface area (Å²) in [5, 5.41) is 0. The first-order valence-electron chi connectivity index (χ1n) is 10.7. The molecule has 1 fully saturated rings. The molecule has 1 saturated carbocycles. The fourth-order valence-corrected chi connectivity index (χ4v) is 5.05. The summed E-state index contributed by atoms with van der Waals surface area (Å²) in [5.74, 6) is 0.480. The molecule has 0 radical (unpaired) electrons. The van der Waals surface area contributed by atoms with Crippen LogP contribution >= 0.6 is 0 Å². The monoisotopic (exact) mass is 448 g/mol. The predicted molar refractivity (Wildman–Crippen MR) is 119 cm³/mol. The van der Waals surface area contributed by atoms with Crippen molar-refractivity contribution < 1.29 is 26.8 Å². The summed E-state index contributed by atoms with van der Waals surface area (Å²) in [7, 11) is -2.27. The molecule has 0 aromatic heterocycles. The highest BCUT2D eigenvalue weighted by molar-refractivity contribution is 7.86. The average Bonchev–Trinajstić information content (AvgIpc) is 3.24. The smallest absolute Gasteiger partial charge is 0.296 e. The van der Waals surface area contributed by atoms with Crippen molar-refractivity contribution in [3.05, 3.63) is 59.7 Å². The molecule has 7 heteroatoms. The van der Waals surface area contributed by atoms with Gasteiger partial charge in [-0.3, -0.25) is 4.18 Å². The Labute approximate surface area is 185 Å². The van der Waals surface area contributed by atoms with Crippen LogP contribution in [-0.2, 0) is 23.8 Å². The van der Waals surface area contributed by atoms with E-state index in [0.717, 1.165) is 42.6 Å². The average molecular weight is 449 g/mol. The second-order valence-corrected chi connectivity index (χ2v) is 9.52. The molecule has 0 heterocycles. The van der Waals surface area contributed by atoms with Crippen LogP contribution in [0.4, 0.5) is 0 Å². The number of rotatable bonds is 11. The minimum Gasteiger partial charge on any atom is -0.497 e. The highest BCUT2D eigenvalue weighted by Gasteiger charge is 2.44. The quantitative estimate of drug-likeness (QED) is 0.279. The standard InChI is InChI=1S/C24H32O6S/c1-4-28-18-29-24(15-5-6-16-24)23(20-9-11-21(27-3)12-10-20)17-30-31(25,26)22-13-7-19(2)8-14-22/h7-14,23H,4-6,15-18H2,1-3H3/t23-/m0/s1. The van der Waals surface area contributed by atoms with Gasteiger partial charge >= 0.3 is 0 Å². The lowest BCUT2D eigenvalue weighted by Gasteiger charge is -2.37. The molecule has 170 valence electrons. The highest BCUT2D eigenvalue weighted by atomic mass is 32.2. The van der Waals surface area contributed by atoms with Gasteiger partial charge in [0.25, 0.3) is 10.1 Å². The molecule has 0 bridgehead atoms. The van der Waals surface area contributed by atoms with E-state index in [-0.39, 0.29) is 24.2 Å². The third kappa shape index (κ3) is 5.86. The molecule has 0 spiro atoms. The van der Waals surface area contributed by atoms with Crippen LogP contribution in [0.2, 0.25) is 0 Å². The lowest BCUT2D eigenvalue weighted by Crippen LogP contribution is -2.40. The summed E-state index contributed by atoms with van der Waals surface area (Å²) in [4.78, 5) is 0.155. The van der Waals surface area contributed by atoms with Crippen molar-refractivity contribution in [2.24, 2.45) is 0 Å². The molecular formula is C24H32O6S. The summed E-state index contributed by atoms with van der Waals surface area (Å²) in [6.07, 6.45) is 3.68.